The van der Waals surface area contributed by atoms with Crippen LogP contribution in [0.5, 0.6) is 0 Å². The minimum absolute atomic E-state index is 0.561. The van der Waals surface area contributed by atoms with Crippen molar-refractivity contribution in [3.05, 3.63) is 57.1 Å². The third-order valence-electron chi connectivity index (χ3n) is 5.95. The largest absolute Gasteiger partial charge is 0.493 e. The van der Waals surface area contributed by atoms with Crippen molar-refractivity contribution in [1.82, 2.24) is 9.55 Å². The van der Waals surface area contributed by atoms with Crippen LogP contribution in [-0.4, -0.2) is 32.8 Å². The topological polar surface area (TPSA) is 73.6 Å². The molecule has 1 saturated heterocycles. The highest BCUT2D eigenvalue weighted by molar-refractivity contribution is 6.25. The molecule has 1 aliphatic heterocycles. The SMILES string of the molecule is Cc1nc2c(c(C)c(C)n2C)c(/C=C/C=C2/OCCC/C2=C\Cl)c1[C@H](OC(C)(C)C)C(=O)O. The van der Waals surface area contributed by atoms with Gasteiger partial charge in [0.25, 0.3) is 0 Å². The highest BCUT2D eigenvalue weighted by Gasteiger charge is 2.32. The third-order valence-corrected chi connectivity index (χ3v) is 6.21. The van der Waals surface area contributed by atoms with Gasteiger partial charge in [-0.2, -0.15) is 0 Å². The van der Waals surface area contributed by atoms with Crippen molar-refractivity contribution in [2.75, 3.05) is 6.61 Å². The van der Waals surface area contributed by atoms with Crippen molar-refractivity contribution in [1.29, 1.82) is 0 Å². The number of nitrogens with zero attached hydrogens (tertiary/aromatic N) is 2. The number of rotatable bonds is 5. The molecule has 178 valence electrons. The lowest BCUT2D eigenvalue weighted by Gasteiger charge is -2.27. The van der Waals surface area contributed by atoms with Crippen molar-refractivity contribution in [3.8, 4) is 0 Å². The molecule has 33 heavy (non-hydrogen) atoms. The number of aromatic nitrogens is 2. The molecule has 0 unspecified atom stereocenters. The third kappa shape index (κ3) is 5.17. The number of hydrogen-bond acceptors (Lipinski definition) is 4. The summed E-state index contributed by atoms with van der Waals surface area (Å²) in [5, 5.41) is 11.0. The predicted molar refractivity (Wildman–Crippen MR) is 132 cm³/mol. The van der Waals surface area contributed by atoms with E-state index in [-0.39, 0.29) is 0 Å². The molecule has 0 aliphatic carbocycles. The Morgan fingerprint density at radius 3 is 2.61 bits per heavy atom. The standard InChI is InChI=1S/C26H33ClN2O4/c1-15-17(3)29(7)24-21(15)19(11-8-12-20-18(14-27)10-9-13-32-20)22(16(2)28-24)23(25(30)31)33-26(4,5)6/h8,11-12,14,23H,9-10,13H2,1-7H3,(H,30,31)/b11-8+,18-14+,20-12+/t23-/m0/s1. The highest BCUT2D eigenvalue weighted by Crippen LogP contribution is 2.37. The van der Waals surface area contributed by atoms with Crippen molar-refractivity contribution in [2.24, 2.45) is 7.05 Å². The maximum absolute atomic E-state index is 12.3. The summed E-state index contributed by atoms with van der Waals surface area (Å²) in [5.41, 5.74) is 6.79. The Balaban J connectivity index is 2.26. The van der Waals surface area contributed by atoms with Crippen LogP contribution < -0.4 is 0 Å². The van der Waals surface area contributed by atoms with E-state index in [1.54, 1.807) is 5.54 Å². The van der Waals surface area contributed by atoms with Crippen molar-refractivity contribution in [3.63, 3.8) is 0 Å². The second-order valence-corrected chi connectivity index (χ2v) is 9.64. The fourth-order valence-corrected chi connectivity index (χ4v) is 4.39. The Hall–Kier alpha value is -2.57. The molecule has 1 N–H and O–H groups in total. The summed E-state index contributed by atoms with van der Waals surface area (Å²) in [4.78, 5) is 17.1. The van der Waals surface area contributed by atoms with Gasteiger partial charge in [-0.25, -0.2) is 9.78 Å². The number of pyridine rings is 1. The van der Waals surface area contributed by atoms with Gasteiger partial charge in [0.2, 0.25) is 0 Å². The van der Waals surface area contributed by atoms with Gasteiger partial charge in [0.15, 0.2) is 6.10 Å². The number of carboxylic acids is 1. The molecule has 0 spiro atoms. The first-order valence-electron chi connectivity index (χ1n) is 11.1. The summed E-state index contributed by atoms with van der Waals surface area (Å²) in [6.07, 6.45) is 6.34. The highest BCUT2D eigenvalue weighted by atomic mass is 35.5. The van der Waals surface area contributed by atoms with Crippen LogP contribution in [-0.2, 0) is 21.3 Å². The maximum atomic E-state index is 12.3. The Kier molecular flexibility index (Phi) is 7.39. The number of ether oxygens (including phenoxy) is 2. The van der Waals surface area contributed by atoms with Gasteiger partial charge >= 0.3 is 5.97 Å². The van der Waals surface area contributed by atoms with Gasteiger partial charge < -0.3 is 19.1 Å². The first-order chi connectivity index (χ1) is 15.5. The van der Waals surface area contributed by atoms with E-state index in [4.69, 9.17) is 26.1 Å². The number of carboxylic acid groups (broad SMARTS) is 1. The van der Waals surface area contributed by atoms with Crippen LogP contribution in [0.4, 0.5) is 0 Å². The molecular formula is C26H33ClN2O4. The first-order valence-corrected chi connectivity index (χ1v) is 11.6. The minimum Gasteiger partial charge on any atom is -0.493 e. The molecule has 0 saturated carbocycles. The Morgan fingerprint density at radius 1 is 1.30 bits per heavy atom. The molecule has 1 aliphatic rings. The molecule has 0 amide bonds. The molecule has 0 bridgehead atoms. The number of halogens is 1. The molecule has 0 aromatic carbocycles. The van der Waals surface area contributed by atoms with Gasteiger partial charge in [0, 0.05) is 40.5 Å². The molecule has 7 heteroatoms. The van der Waals surface area contributed by atoms with Crippen LogP contribution in [0.15, 0.2) is 29.0 Å². The summed E-state index contributed by atoms with van der Waals surface area (Å²) in [7, 11) is 1.97. The van der Waals surface area contributed by atoms with Crippen molar-refractivity contribution in [2.45, 2.75) is 66.1 Å². The monoisotopic (exact) mass is 472 g/mol. The molecular weight excluding hydrogens is 440 g/mol. The fourth-order valence-electron chi connectivity index (χ4n) is 4.18. The lowest BCUT2D eigenvalue weighted by molar-refractivity contribution is -0.160. The molecule has 3 rings (SSSR count). The summed E-state index contributed by atoms with van der Waals surface area (Å²) in [5.74, 6) is -0.312. The Labute approximate surface area is 200 Å². The molecule has 2 aromatic heterocycles. The van der Waals surface area contributed by atoms with Gasteiger partial charge in [-0.15, -0.1) is 0 Å². The van der Waals surface area contributed by atoms with E-state index < -0.39 is 17.7 Å². The van der Waals surface area contributed by atoms with Crippen LogP contribution in [0.25, 0.3) is 17.1 Å². The van der Waals surface area contributed by atoms with Crippen molar-refractivity contribution >= 4 is 34.7 Å². The minimum atomic E-state index is -1.15. The lowest BCUT2D eigenvalue weighted by atomic mass is 9.95. The number of aliphatic carboxylic acids is 1. The number of carbonyl (C=O) groups is 1. The van der Waals surface area contributed by atoms with Crippen LogP contribution in [0, 0.1) is 20.8 Å². The van der Waals surface area contributed by atoms with Crippen LogP contribution in [0.1, 0.15) is 67.8 Å². The number of allylic oxidation sites excluding steroid dienone is 3. The normalized spacial score (nSPS) is 18.4. The Morgan fingerprint density at radius 2 is 2.00 bits per heavy atom. The van der Waals surface area contributed by atoms with E-state index in [0.717, 1.165) is 52.0 Å². The zero-order valence-corrected chi connectivity index (χ0v) is 21.2. The van der Waals surface area contributed by atoms with E-state index in [2.05, 4.69) is 0 Å². The molecule has 3 heterocycles. The molecule has 1 atom stereocenters. The lowest BCUT2D eigenvalue weighted by Crippen LogP contribution is -2.28. The molecule has 1 fully saturated rings. The number of fused-ring (bicyclic) bond motifs is 1. The summed E-state index contributed by atoms with van der Waals surface area (Å²) < 4.78 is 13.8. The smallest absolute Gasteiger partial charge is 0.337 e. The van der Waals surface area contributed by atoms with E-state index in [1.807, 2.05) is 71.4 Å². The average Bonchev–Trinajstić information content (AvgIpc) is 2.95. The van der Waals surface area contributed by atoms with E-state index in [9.17, 15) is 9.90 Å². The molecule has 6 nitrogen and oxygen atoms in total. The summed E-state index contributed by atoms with van der Waals surface area (Å²) >= 11 is 5.97. The van der Waals surface area contributed by atoms with Gasteiger partial charge in [0.1, 0.15) is 11.4 Å². The van der Waals surface area contributed by atoms with Gasteiger partial charge in [-0.3, -0.25) is 0 Å². The van der Waals surface area contributed by atoms with E-state index in [1.165, 1.54) is 0 Å². The zero-order valence-electron chi connectivity index (χ0n) is 20.5. The van der Waals surface area contributed by atoms with Crippen molar-refractivity contribution < 1.29 is 19.4 Å². The quantitative estimate of drug-likeness (QED) is 0.555. The first kappa shape index (κ1) is 25.1. The van der Waals surface area contributed by atoms with Gasteiger partial charge in [-0.05, 0) is 71.6 Å². The van der Waals surface area contributed by atoms with Crippen LogP contribution in [0.3, 0.4) is 0 Å². The van der Waals surface area contributed by atoms with E-state index in [0.29, 0.717) is 17.9 Å². The summed E-state index contributed by atoms with van der Waals surface area (Å²) in [6, 6.07) is 0. The van der Waals surface area contributed by atoms with Gasteiger partial charge in [-0.1, -0.05) is 23.8 Å². The molecule has 2 aromatic rings. The predicted octanol–water partition coefficient (Wildman–Crippen LogP) is 6.27. The van der Waals surface area contributed by atoms with Crippen LogP contribution in [0.2, 0.25) is 0 Å². The number of aryl methyl sites for hydroxylation is 3. The average molecular weight is 473 g/mol. The second kappa shape index (κ2) is 9.74. The van der Waals surface area contributed by atoms with E-state index >= 15 is 0 Å². The second-order valence-electron chi connectivity index (χ2n) is 9.42. The zero-order chi connectivity index (χ0) is 24.5. The van der Waals surface area contributed by atoms with Gasteiger partial charge in [0.05, 0.1) is 12.2 Å². The Bertz CT molecular complexity index is 1170. The molecule has 0 radical (unpaired) electrons. The fraction of sp³-hybridized carbons (Fsp3) is 0.462. The van der Waals surface area contributed by atoms with Crippen LogP contribution >= 0.6 is 11.6 Å². The summed E-state index contributed by atoms with van der Waals surface area (Å²) in [6.45, 7) is 12.1. The number of hydrogen-bond donors (Lipinski definition) is 1. The maximum Gasteiger partial charge on any atom is 0.337 e.